The Bertz CT molecular complexity index is 489. The molecular weight excluding hydrogens is 280 g/mol. The molecule has 2 fully saturated rings. The van der Waals surface area contributed by atoms with Crippen molar-refractivity contribution in [3.8, 4) is 0 Å². The molecule has 0 unspecified atom stereocenters. The van der Waals surface area contributed by atoms with E-state index < -0.39 is 9.84 Å². The molecule has 2 rings (SSSR count). The summed E-state index contributed by atoms with van der Waals surface area (Å²) in [5.41, 5.74) is 0. The summed E-state index contributed by atoms with van der Waals surface area (Å²) in [6.07, 6.45) is 2.59. The van der Waals surface area contributed by atoms with Gasteiger partial charge in [0.2, 0.25) is 11.8 Å². The number of sulfone groups is 1. The lowest BCUT2D eigenvalue weighted by atomic mass is 10.0. The van der Waals surface area contributed by atoms with Gasteiger partial charge < -0.3 is 10.2 Å². The van der Waals surface area contributed by atoms with Crippen LogP contribution < -0.4 is 5.32 Å². The molecular formula is C13H22N2O4S. The van der Waals surface area contributed by atoms with Gasteiger partial charge in [-0.15, -0.1) is 0 Å². The number of carbonyl (C=O) groups excluding carboxylic acids is 2. The number of carbonyl (C=O) groups is 2. The molecule has 0 aromatic carbocycles. The number of hydrogen-bond donors (Lipinski definition) is 1. The lowest BCUT2D eigenvalue weighted by Gasteiger charge is -2.34. The molecule has 114 valence electrons. The predicted octanol–water partition coefficient (Wildman–Crippen LogP) is -0.0617. The Hall–Kier alpha value is -1.11. The van der Waals surface area contributed by atoms with Gasteiger partial charge in [0, 0.05) is 25.6 Å². The number of nitrogens with one attached hydrogen (secondary N) is 1. The Morgan fingerprint density at radius 3 is 2.65 bits per heavy atom. The number of amides is 2. The highest BCUT2D eigenvalue weighted by atomic mass is 32.2. The Kier molecular flexibility index (Phi) is 4.67. The monoisotopic (exact) mass is 302 g/mol. The van der Waals surface area contributed by atoms with Crippen molar-refractivity contribution in [2.75, 3.05) is 24.6 Å². The van der Waals surface area contributed by atoms with Gasteiger partial charge in [0.05, 0.1) is 17.4 Å². The summed E-state index contributed by atoms with van der Waals surface area (Å²) in [5.74, 6) is -0.364. The second-order valence-electron chi connectivity index (χ2n) is 5.64. The van der Waals surface area contributed by atoms with Crippen molar-refractivity contribution in [1.29, 1.82) is 0 Å². The van der Waals surface area contributed by atoms with E-state index in [9.17, 15) is 18.0 Å². The minimum atomic E-state index is -3.03. The number of likely N-dealkylation sites (tertiary alicyclic amines) is 1. The third kappa shape index (κ3) is 3.71. The third-order valence-corrected chi connectivity index (χ3v) is 5.77. The Labute approximate surface area is 119 Å². The van der Waals surface area contributed by atoms with Gasteiger partial charge in [0.15, 0.2) is 9.84 Å². The van der Waals surface area contributed by atoms with Crippen LogP contribution in [0.1, 0.15) is 32.6 Å². The van der Waals surface area contributed by atoms with E-state index in [1.54, 1.807) is 11.8 Å². The summed E-state index contributed by atoms with van der Waals surface area (Å²) < 4.78 is 22.9. The van der Waals surface area contributed by atoms with Crippen molar-refractivity contribution >= 4 is 21.7 Å². The summed E-state index contributed by atoms with van der Waals surface area (Å²) in [6, 6.07) is -0.00170. The molecule has 0 aromatic heterocycles. The van der Waals surface area contributed by atoms with Gasteiger partial charge in [0.1, 0.15) is 0 Å². The third-order valence-electron chi connectivity index (χ3n) is 4.00. The van der Waals surface area contributed by atoms with Crippen LogP contribution in [0.25, 0.3) is 0 Å². The first-order chi connectivity index (χ1) is 9.41. The van der Waals surface area contributed by atoms with Crippen LogP contribution in [0.2, 0.25) is 0 Å². The molecule has 6 nitrogen and oxygen atoms in total. The second kappa shape index (κ2) is 6.11. The molecule has 2 aliphatic heterocycles. The number of nitrogens with zero attached hydrogens (tertiary/aromatic N) is 1. The fourth-order valence-corrected chi connectivity index (χ4v) is 4.61. The molecule has 0 aliphatic carbocycles. The van der Waals surface area contributed by atoms with Crippen molar-refractivity contribution in [2.45, 2.75) is 38.6 Å². The Morgan fingerprint density at radius 1 is 1.30 bits per heavy atom. The van der Waals surface area contributed by atoms with E-state index in [0.29, 0.717) is 25.9 Å². The van der Waals surface area contributed by atoms with Gasteiger partial charge >= 0.3 is 0 Å². The summed E-state index contributed by atoms with van der Waals surface area (Å²) >= 11 is 0. The number of piperidine rings is 1. The molecule has 2 heterocycles. The van der Waals surface area contributed by atoms with E-state index in [4.69, 9.17) is 0 Å². The SMILES string of the molecule is CCC(=O)N[C@@H]1CCCN(C(=O)[C@H]2CCS(=O)(=O)C2)C1. The fourth-order valence-electron chi connectivity index (χ4n) is 2.87. The number of rotatable bonds is 3. The smallest absolute Gasteiger partial charge is 0.226 e. The molecule has 7 heteroatoms. The largest absolute Gasteiger partial charge is 0.352 e. The second-order valence-corrected chi connectivity index (χ2v) is 7.87. The van der Waals surface area contributed by atoms with Crippen LogP contribution in [0.4, 0.5) is 0 Å². The lowest BCUT2D eigenvalue weighted by molar-refractivity contribution is -0.136. The van der Waals surface area contributed by atoms with Crippen LogP contribution >= 0.6 is 0 Å². The molecule has 0 saturated carbocycles. The Morgan fingerprint density at radius 2 is 2.05 bits per heavy atom. The van der Waals surface area contributed by atoms with Crippen molar-refractivity contribution in [1.82, 2.24) is 10.2 Å². The standard InChI is InChI=1S/C13H22N2O4S/c1-2-12(16)14-11-4-3-6-15(8-11)13(17)10-5-7-20(18,19)9-10/h10-11H,2-9H2,1H3,(H,14,16)/t10-,11+/m0/s1. The fraction of sp³-hybridized carbons (Fsp3) is 0.846. The van der Waals surface area contributed by atoms with E-state index in [0.717, 1.165) is 12.8 Å². The quantitative estimate of drug-likeness (QED) is 0.791. The summed E-state index contributed by atoms with van der Waals surface area (Å²) in [5, 5.41) is 2.91. The summed E-state index contributed by atoms with van der Waals surface area (Å²) in [7, 11) is -3.03. The molecule has 2 saturated heterocycles. The van der Waals surface area contributed by atoms with Crippen LogP contribution in [0.5, 0.6) is 0 Å². The van der Waals surface area contributed by atoms with E-state index in [-0.39, 0.29) is 35.3 Å². The molecule has 2 atom stereocenters. The molecule has 20 heavy (non-hydrogen) atoms. The van der Waals surface area contributed by atoms with Gasteiger partial charge in [0.25, 0.3) is 0 Å². The maximum Gasteiger partial charge on any atom is 0.226 e. The average molecular weight is 302 g/mol. The highest BCUT2D eigenvalue weighted by Gasteiger charge is 2.36. The van der Waals surface area contributed by atoms with Crippen molar-refractivity contribution in [2.24, 2.45) is 5.92 Å². The molecule has 2 aliphatic rings. The van der Waals surface area contributed by atoms with Gasteiger partial charge in [-0.25, -0.2) is 8.42 Å². The van der Waals surface area contributed by atoms with Crippen LogP contribution in [0, 0.1) is 5.92 Å². The summed E-state index contributed by atoms with van der Waals surface area (Å²) in [4.78, 5) is 25.5. The predicted molar refractivity (Wildman–Crippen MR) is 74.8 cm³/mol. The van der Waals surface area contributed by atoms with E-state index >= 15 is 0 Å². The molecule has 0 aromatic rings. The van der Waals surface area contributed by atoms with Crippen LogP contribution in [0.15, 0.2) is 0 Å². The zero-order valence-corrected chi connectivity index (χ0v) is 12.6. The molecule has 1 N–H and O–H groups in total. The first-order valence-corrected chi connectivity index (χ1v) is 9.02. The van der Waals surface area contributed by atoms with E-state index in [1.807, 2.05) is 0 Å². The highest BCUT2D eigenvalue weighted by Crippen LogP contribution is 2.22. The van der Waals surface area contributed by atoms with Crippen molar-refractivity contribution in [3.05, 3.63) is 0 Å². The summed E-state index contributed by atoms with van der Waals surface area (Å²) in [6.45, 7) is 2.96. The van der Waals surface area contributed by atoms with Crippen molar-refractivity contribution in [3.63, 3.8) is 0 Å². The highest BCUT2D eigenvalue weighted by molar-refractivity contribution is 7.91. The van der Waals surface area contributed by atoms with Gasteiger partial charge in [-0.3, -0.25) is 9.59 Å². The minimum Gasteiger partial charge on any atom is -0.352 e. The van der Waals surface area contributed by atoms with E-state index in [2.05, 4.69) is 5.32 Å². The van der Waals surface area contributed by atoms with Crippen molar-refractivity contribution < 1.29 is 18.0 Å². The minimum absolute atomic E-state index is 0.00170. The topological polar surface area (TPSA) is 83.6 Å². The molecule has 0 bridgehead atoms. The van der Waals surface area contributed by atoms with Crippen LogP contribution in [-0.4, -0.2) is 55.8 Å². The maximum absolute atomic E-state index is 12.3. The van der Waals surface area contributed by atoms with Crippen LogP contribution in [-0.2, 0) is 19.4 Å². The normalized spacial score (nSPS) is 29.1. The Balaban J connectivity index is 1.92. The average Bonchev–Trinajstić information content (AvgIpc) is 2.78. The first-order valence-electron chi connectivity index (χ1n) is 7.20. The van der Waals surface area contributed by atoms with E-state index in [1.165, 1.54) is 0 Å². The van der Waals surface area contributed by atoms with Crippen LogP contribution in [0.3, 0.4) is 0 Å². The number of hydrogen-bond acceptors (Lipinski definition) is 4. The maximum atomic E-state index is 12.3. The zero-order chi connectivity index (χ0) is 14.8. The zero-order valence-electron chi connectivity index (χ0n) is 11.8. The molecule has 0 spiro atoms. The van der Waals surface area contributed by atoms with Gasteiger partial charge in [-0.1, -0.05) is 6.92 Å². The molecule has 2 amide bonds. The van der Waals surface area contributed by atoms with Gasteiger partial charge in [-0.05, 0) is 19.3 Å². The lowest BCUT2D eigenvalue weighted by Crippen LogP contribution is -2.51. The molecule has 0 radical (unpaired) electrons. The first kappa shape index (κ1) is 15.3. The van der Waals surface area contributed by atoms with Gasteiger partial charge in [-0.2, -0.15) is 0 Å².